The van der Waals surface area contributed by atoms with E-state index in [1.54, 1.807) is 11.5 Å². The molecule has 0 unspecified atom stereocenters. The maximum absolute atomic E-state index is 13.6. The third kappa shape index (κ3) is 4.23. The predicted molar refractivity (Wildman–Crippen MR) is 128 cm³/mol. The van der Waals surface area contributed by atoms with Crippen molar-refractivity contribution in [3.8, 4) is 5.69 Å². The van der Waals surface area contributed by atoms with Gasteiger partial charge in [-0.1, -0.05) is 30.0 Å². The standard InChI is InChI=1S/C22H23N3O4S3/c1-13(19(26)23-15-9-10-32(28,29)12-15)31-22-24-20-18(17(11-30-20)14-7-8-14)21(27)25(22)16-5-3-2-4-6-16/h2-6,11,13-15H,7-10,12H2,1H3,(H,23,26)/t13-,15+/m0/s1. The number of benzene rings is 1. The Morgan fingerprint density at radius 2 is 2.00 bits per heavy atom. The molecule has 3 heterocycles. The van der Waals surface area contributed by atoms with Crippen LogP contribution >= 0.6 is 23.1 Å². The molecule has 1 N–H and O–H groups in total. The summed E-state index contributed by atoms with van der Waals surface area (Å²) in [5.41, 5.74) is 1.68. The van der Waals surface area contributed by atoms with E-state index in [0.717, 1.165) is 18.4 Å². The molecule has 1 saturated carbocycles. The van der Waals surface area contributed by atoms with Gasteiger partial charge in [-0.3, -0.25) is 14.2 Å². The highest BCUT2D eigenvalue weighted by molar-refractivity contribution is 8.00. The molecule has 1 aromatic carbocycles. The monoisotopic (exact) mass is 489 g/mol. The molecular weight excluding hydrogens is 466 g/mol. The highest BCUT2D eigenvalue weighted by Crippen LogP contribution is 2.44. The summed E-state index contributed by atoms with van der Waals surface area (Å²) in [5, 5.41) is 5.48. The number of carbonyl (C=O) groups excluding carboxylic acids is 1. The summed E-state index contributed by atoms with van der Waals surface area (Å²) in [6, 6.07) is 8.98. The SMILES string of the molecule is C[C@H](Sc1nc2scc(C3CC3)c2c(=O)n1-c1ccccc1)C(=O)N[C@@H]1CCS(=O)(=O)C1. The fraction of sp³-hybridized carbons (Fsp3) is 0.409. The number of rotatable bonds is 6. The van der Waals surface area contributed by atoms with Crippen LogP contribution < -0.4 is 10.9 Å². The Labute approximate surface area is 194 Å². The molecule has 10 heteroatoms. The Morgan fingerprint density at radius 1 is 1.25 bits per heavy atom. The average Bonchev–Trinajstić information content (AvgIpc) is 3.42. The minimum atomic E-state index is -3.08. The molecule has 5 rings (SSSR count). The summed E-state index contributed by atoms with van der Waals surface area (Å²) in [5.74, 6) is 0.269. The number of sulfone groups is 1. The summed E-state index contributed by atoms with van der Waals surface area (Å²) in [6.45, 7) is 1.75. The minimum Gasteiger partial charge on any atom is -0.351 e. The molecular formula is C22H23N3O4S3. The van der Waals surface area contributed by atoms with E-state index in [4.69, 9.17) is 4.98 Å². The number of nitrogens with one attached hydrogen (secondary N) is 1. The Morgan fingerprint density at radius 3 is 2.66 bits per heavy atom. The Kier molecular flexibility index (Phi) is 5.63. The lowest BCUT2D eigenvalue weighted by Crippen LogP contribution is -2.40. The number of hydrogen-bond acceptors (Lipinski definition) is 7. The van der Waals surface area contributed by atoms with Crippen LogP contribution in [-0.2, 0) is 14.6 Å². The average molecular weight is 490 g/mol. The van der Waals surface area contributed by atoms with Crippen molar-refractivity contribution in [1.29, 1.82) is 0 Å². The molecule has 0 radical (unpaired) electrons. The molecule has 2 fully saturated rings. The minimum absolute atomic E-state index is 0.0196. The van der Waals surface area contributed by atoms with Gasteiger partial charge in [-0.25, -0.2) is 13.4 Å². The van der Waals surface area contributed by atoms with Crippen molar-refractivity contribution in [3.63, 3.8) is 0 Å². The lowest BCUT2D eigenvalue weighted by Gasteiger charge is -2.18. The molecule has 0 bridgehead atoms. The van der Waals surface area contributed by atoms with Crippen molar-refractivity contribution in [2.24, 2.45) is 0 Å². The van der Waals surface area contributed by atoms with Crippen LogP contribution in [0.5, 0.6) is 0 Å². The smallest absolute Gasteiger partial charge is 0.267 e. The maximum atomic E-state index is 13.6. The Hall–Kier alpha value is -2.17. The van der Waals surface area contributed by atoms with Crippen LogP contribution in [-0.4, -0.2) is 46.7 Å². The first-order valence-corrected chi connectivity index (χ1v) is 14.2. The zero-order valence-corrected chi connectivity index (χ0v) is 19.9. The van der Waals surface area contributed by atoms with Crippen LogP contribution in [0.2, 0.25) is 0 Å². The second-order valence-electron chi connectivity index (χ2n) is 8.38. The Balaban J connectivity index is 1.49. The lowest BCUT2D eigenvalue weighted by atomic mass is 10.1. The van der Waals surface area contributed by atoms with Crippen LogP contribution in [0.15, 0.2) is 45.7 Å². The van der Waals surface area contributed by atoms with Crippen molar-refractivity contribution < 1.29 is 13.2 Å². The van der Waals surface area contributed by atoms with Crippen molar-refractivity contribution >= 4 is 49.1 Å². The second kappa shape index (κ2) is 8.31. The molecule has 3 aromatic rings. The number of amides is 1. The third-order valence-electron chi connectivity index (χ3n) is 5.87. The van der Waals surface area contributed by atoms with Gasteiger partial charge in [0.25, 0.3) is 5.56 Å². The molecule has 1 aliphatic carbocycles. The largest absolute Gasteiger partial charge is 0.351 e. The number of thioether (sulfide) groups is 1. The molecule has 2 aliphatic rings. The number of aromatic nitrogens is 2. The first-order valence-electron chi connectivity index (χ1n) is 10.6. The highest BCUT2D eigenvalue weighted by Gasteiger charge is 2.32. The van der Waals surface area contributed by atoms with Crippen molar-refractivity contribution in [1.82, 2.24) is 14.9 Å². The molecule has 0 spiro atoms. The quantitative estimate of drug-likeness (QED) is 0.422. The van der Waals surface area contributed by atoms with Crippen molar-refractivity contribution in [2.45, 2.75) is 48.6 Å². The van der Waals surface area contributed by atoms with Gasteiger partial charge in [0, 0.05) is 6.04 Å². The van der Waals surface area contributed by atoms with E-state index in [1.165, 1.54) is 23.1 Å². The number of carbonyl (C=O) groups is 1. The summed E-state index contributed by atoms with van der Waals surface area (Å²) in [7, 11) is -3.08. The van der Waals surface area contributed by atoms with Crippen LogP contribution in [0, 0.1) is 0 Å². The molecule has 7 nitrogen and oxygen atoms in total. The fourth-order valence-electron chi connectivity index (χ4n) is 4.01. The van der Waals surface area contributed by atoms with Gasteiger partial charge in [-0.15, -0.1) is 11.3 Å². The third-order valence-corrected chi connectivity index (χ3v) is 9.58. The van der Waals surface area contributed by atoms with Crippen LogP contribution in [0.4, 0.5) is 0 Å². The molecule has 1 aliphatic heterocycles. The van der Waals surface area contributed by atoms with Crippen molar-refractivity contribution in [3.05, 3.63) is 51.6 Å². The summed E-state index contributed by atoms with van der Waals surface area (Å²) in [4.78, 5) is 31.9. The van der Waals surface area contributed by atoms with Gasteiger partial charge in [-0.2, -0.15) is 0 Å². The lowest BCUT2D eigenvalue weighted by molar-refractivity contribution is -0.120. The van der Waals surface area contributed by atoms with E-state index in [-0.39, 0.29) is 29.0 Å². The number of nitrogens with zero attached hydrogens (tertiary/aromatic N) is 2. The zero-order valence-electron chi connectivity index (χ0n) is 17.5. The van der Waals surface area contributed by atoms with Gasteiger partial charge >= 0.3 is 0 Å². The van der Waals surface area contributed by atoms with Gasteiger partial charge in [-0.05, 0) is 55.2 Å². The molecule has 168 valence electrons. The van der Waals surface area contributed by atoms with Gasteiger partial charge in [0.1, 0.15) is 4.83 Å². The summed E-state index contributed by atoms with van der Waals surface area (Å²) < 4.78 is 25.0. The van der Waals surface area contributed by atoms with E-state index in [9.17, 15) is 18.0 Å². The van der Waals surface area contributed by atoms with Gasteiger partial charge in [0.15, 0.2) is 15.0 Å². The highest BCUT2D eigenvalue weighted by atomic mass is 32.2. The fourth-order valence-corrected chi connectivity index (χ4v) is 7.68. The maximum Gasteiger partial charge on any atom is 0.267 e. The first-order chi connectivity index (χ1) is 15.3. The topological polar surface area (TPSA) is 98.1 Å². The van der Waals surface area contributed by atoms with Crippen molar-refractivity contribution in [2.75, 3.05) is 11.5 Å². The normalized spacial score (nSPS) is 21.0. The summed E-state index contributed by atoms with van der Waals surface area (Å²) >= 11 is 2.69. The number of thiophene rings is 1. The number of fused-ring (bicyclic) bond motifs is 1. The van der Waals surface area contributed by atoms with Gasteiger partial charge in [0.2, 0.25) is 5.91 Å². The van der Waals surface area contributed by atoms with Crippen LogP contribution in [0.25, 0.3) is 15.9 Å². The number of para-hydroxylation sites is 1. The van der Waals surface area contributed by atoms with E-state index < -0.39 is 15.1 Å². The van der Waals surface area contributed by atoms with Crippen LogP contribution in [0.3, 0.4) is 0 Å². The van der Waals surface area contributed by atoms with E-state index in [2.05, 4.69) is 5.32 Å². The Bertz CT molecular complexity index is 1340. The predicted octanol–water partition coefficient (Wildman–Crippen LogP) is 3.11. The molecule has 2 aromatic heterocycles. The molecule has 2 atom stereocenters. The molecule has 1 saturated heterocycles. The summed E-state index contributed by atoms with van der Waals surface area (Å²) in [6.07, 6.45) is 2.63. The van der Waals surface area contributed by atoms with E-state index in [0.29, 0.717) is 33.4 Å². The van der Waals surface area contributed by atoms with E-state index in [1.807, 2.05) is 35.7 Å². The molecule has 1 amide bonds. The van der Waals surface area contributed by atoms with Gasteiger partial charge < -0.3 is 5.32 Å². The van der Waals surface area contributed by atoms with Gasteiger partial charge in [0.05, 0.1) is 27.8 Å². The molecule has 32 heavy (non-hydrogen) atoms. The van der Waals surface area contributed by atoms with Crippen LogP contribution in [0.1, 0.15) is 37.7 Å². The van der Waals surface area contributed by atoms with E-state index >= 15 is 0 Å². The zero-order chi connectivity index (χ0) is 22.5. The number of hydrogen-bond donors (Lipinski definition) is 1. The second-order valence-corrected chi connectivity index (χ2v) is 12.8. The first kappa shape index (κ1) is 21.7.